The predicted molar refractivity (Wildman–Crippen MR) is 73.9 cm³/mol. The van der Waals surface area contributed by atoms with Crippen molar-refractivity contribution in [3.63, 3.8) is 0 Å². The minimum atomic E-state index is -0.361. The number of aromatic nitrogens is 1. The number of carbonyl (C=O) groups is 1. The zero-order chi connectivity index (χ0) is 13.9. The fraction of sp³-hybridized carbons (Fsp3) is 0.375. The number of benzene rings is 1. The van der Waals surface area contributed by atoms with Crippen molar-refractivity contribution in [1.29, 1.82) is 0 Å². The van der Waals surface area contributed by atoms with Crippen molar-refractivity contribution in [2.75, 3.05) is 0 Å². The van der Waals surface area contributed by atoms with Crippen LogP contribution in [0.1, 0.15) is 32.1 Å². The van der Waals surface area contributed by atoms with Gasteiger partial charge in [0, 0.05) is 11.6 Å². The summed E-state index contributed by atoms with van der Waals surface area (Å²) >= 11 is 0. The normalized spacial score (nSPS) is 16.2. The molecule has 4 heteroatoms. The molecule has 1 aromatic heterocycles. The molecule has 0 spiro atoms. The molecule has 0 amide bonds. The van der Waals surface area contributed by atoms with Gasteiger partial charge in [0.25, 0.3) is 0 Å². The maximum Gasteiger partial charge on any atom is 0.314 e. The van der Waals surface area contributed by atoms with Crippen molar-refractivity contribution in [2.45, 2.75) is 32.1 Å². The summed E-state index contributed by atoms with van der Waals surface area (Å²) in [6.45, 7) is 0. The van der Waals surface area contributed by atoms with Gasteiger partial charge in [-0.3, -0.25) is 9.78 Å². The van der Waals surface area contributed by atoms with E-state index in [1.165, 1.54) is 18.6 Å². The lowest BCUT2D eigenvalue weighted by Gasteiger charge is -2.20. The summed E-state index contributed by atoms with van der Waals surface area (Å²) in [4.78, 5) is 16.3. The monoisotopic (exact) mass is 273 g/mol. The van der Waals surface area contributed by atoms with Crippen molar-refractivity contribution in [2.24, 2.45) is 5.92 Å². The summed E-state index contributed by atoms with van der Waals surface area (Å²) in [7, 11) is 0. The Morgan fingerprint density at radius 1 is 1.20 bits per heavy atom. The molecule has 2 aromatic rings. The summed E-state index contributed by atoms with van der Waals surface area (Å²) in [5, 5.41) is 0.539. The van der Waals surface area contributed by atoms with E-state index in [-0.39, 0.29) is 17.7 Å². The molecule has 1 aliphatic rings. The van der Waals surface area contributed by atoms with E-state index in [4.69, 9.17) is 4.74 Å². The van der Waals surface area contributed by atoms with Gasteiger partial charge < -0.3 is 4.74 Å². The van der Waals surface area contributed by atoms with Gasteiger partial charge in [-0.15, -0.1) is 0 Å². The Balaban J connectivity index is 1.86. The number of fused-ring (bicyclic) bond motifs is 1. The van der Waals surface area contributed by atoms with Gasteiger partial charge in [-0.1, -0.05) is 19.3 Å². The van der Waals surface area contributed by atoms with E-state index in [1.807, 2.05) is 0 Å². The Labute approximate surface area is 116 Å². The van der Waals surface area contributed by atoms with Gasteiger partial charge in [-0.2, -0.15) is 0 Å². The number of ether oxygens (including phenoxy) is 1. The van der Waals surface area contributed by atoms with Crippen LogP contribution in [0.4, 0.5) is 4.39 Å². The highest BCUT2D eigenvalue weighted by Gasteiger charge is 2.23. The molecule has 0 bridgehead atoms. The molecular weight excluding hydrogens is 257 g/mol. The average Bonchev–Trinajstić information content (AvgIpc) is 2.49. The van der Waals surface area contributed by atoms with Crippen molar-refractivity contribution in [1.82, 2.24) is 4.98 Å². The van der Waals surface area contributed by atoms with Gasteiger partial charge in [-0.05, 0) is 37.1 Å². The van der Waals surface area contributed by atoms with Crippen LogP contribution in [-0.4, -0.2) is 11.0 Å². The summed E-state index contributed by atoms with van der Waals surface area (Å²) < 4.78 is 18.8. The third-order valence-corrected chi connectivity index (χ3v) is 3.81. The molecule has 0 N–H and O–H groups in total. The molecule has 20 heavy (non-hydrogen) atoms. The van der Waals surface area contributed by atoms with Crippen LogP contribution in [-0.2, 0) is 4.79 Å². The Bertz CT molecular complexity index is 635. The molecule has 1 aliphatic carbocycles. The summed E-state index contributed by atoms with van der Waals surface area (Å²) in [6.07, 6.45) is 6.68. The van der Waals surface area contributed by atoms with Crippen LogP contribution >= 0.6 is 0 Å². The molecule has 0 aliphatic heterocycles. The number of halogens is 1. The number of nitrogens with zero attached hydrogens (tertiary/aromatic N) is 1. The van der Waals surface area contributed by atoms with E-state index < -0.39 is 0 Å². The maximum absolute atomic E-state index is 13.3. The average molecular weight is 273 g/mol. The lowest BCUT2D eigenvalue weighted by atomic mass is 9.89. The van der Waals surface area contributed by atoms with Crippen LogP contribution in [0.5, 0.6) is 5.75 Å². The van der Waals surface area contributed by atoms with E-state index in [0.717, 1.165) is 25.7 Å². The van der Waals surface area contributed by atoms with Crippen LogP contribution in [0.15, 0.2) is 30.5 Å². The fourth-order valence-corrected chi connectivity index (χ4v) is 2.71. The van der Waals surface area contributed by atoms with E-state index in [1.54, 1.807) is 18.3 Å². The van der Waals surface area contributed by atoms with Crippen LogP contribution < -0.4 is 4.74 Å². The zero-order valence-electron chi connectivity index (χ0n) is 11.1. The number of pyridine rings is 1. The highest BCUT2D eigenvalue weighted by Crippen LogP contribution is 2.28. The first-order valence-corrected chi connectivity index (χ1v) is 7.00. The first kappa shape index (κ1) is 13.0. The molecule has 3 nitrogen and oxygen atoms in total. The second kappa shape index (κ2) is 5.57. The van der Waals surface area contributed by atoms with Gasteiger partial charge in [0.2, 0.25) is 0 Å². The SMILES string of the molecule is O=C(Oc1ccnc2ccc(F)cc12)C1CCCCC1. The van der Waals surface area contributed by atoms with E-state index >= 15 is 0 Å². The lowest BCUT2D eigenvalue weighted by molar-refractivity contribution is -0.139. The third kappa shape index (κ3) is 2.64. The number of rotatable bonds is 2. The molecule has 1 saturated carbocycles. The minimum absolute atomic E-state index is 0.0273. The van der Waals surface area contributed by atoms with Crippen molar-refractivity contribution in [3.8, 4) is 5.75 Å². The van der Waals surface area contributed by atoms with Crippen molar-refractivity contribution < 1.29 is 13.9 Å². The maximum atomic E-state index is 13.3. The molecule has 0 saturated heterocycles. The number of hydrogen-bond acceptors (Lipinski definition) is 3. The number of hydrogen-bond donors (Lipinski definition) is 0. The minimum Gasteiger partial charge on any atom is -0.426 e. The van der Waals surface area contributed by atoms with Crippen LogP contribution in [0.25, 0.3) is 10.9 Å². The first-order valence-electron chi connectivity index (χ1n) is 7.00. The topological polar surface area (TPSA) is 39.2 Å². The lowest BCUT2D eigenvalue weighted by Crippen LogP contribution is -2.22. The van der Waals surface area contributed by atoms with Gasteiger partial charge in [0.15, 0.2) is 0 Å². The third-order valence-electron chi connectivity index (χ3n) is 3.81. The number of esters is 1. The van der Waals surface area contributed by atoms with E-state index in [0.29, 0.717) is 16.7 Å². The molecule has 104 valence electrons. The second-order valence-electron chi connectivity index (χ2n) is 5.23. The first-order chi connectivity index (χ1) is 9.74. The summed E-state index contributed by atoms with van der Waals surface area (Å²) in [5.74, 6) is -0.201. The quantitative estimate of drug-likeness (QED) is 0.780. The van der Waals surface area contributed by atoms with Gasteiger partial charge in [0.1, 0.15) is 11.6 Å². The van der Waals surface area contributed by atoms with Gasteiger partial charge >= 0.3 is 5.97 Å². The Morgan fingerprint density at radius 2 is 2.00 bits per heavy atom. The molecule has 1 heterocycles. The Kier molecular flexibility index (Phi) is 3.63. The van der Waals surface area contributed by atoms with Crippen LogP contribution in [0.2, 0.25) is 0 Å². The second-order valence-corrected chi connectivity index (χ2v) is 5.23. The zero-order valence-corrected chi connectivity index (χ0v) is 11.1. The summed E-state index contributed by atoms with van der Waals surface area (Å²) in [6, 6.07) is 5.90. The molecule has 1 aromatic carbocycles. The highest BCUT2D eigenvalue weighted by molar-refractivity contribution is 5.88. The van der Waals surface area contributed by atoms with Crippen LogP contribution in [0, 0.1) is 11.7 Å². The molecule has 0 unspecified atom stereocenters. The molecule has 0 atom stereocenters. The highest BCUT2D eigenvalue weighted by atomic mass is 19.1. The van der Waals surface area contributed by atoms with Gasteiger partial charge in [0.05, 0.1) is 11.4 Å². The Morgan fingerprint density at radius 3 is 2.80 bits per heavy atom. The number of carbonyl (C=O) groups excluding carboxylic acids is 1. The van der Waals surface area contributed by atoms with E-state index in [2.05, 4.69) is 4.98 Å². The van der Waals surface area contributed by atoms with Crippen molar-refractivity contribution in [3.05, 3.63) is 36.3 Å². The molecule has 1 fully saturated rings. The largest absolute Gasteiger partial charge is 0.426 e. The Hall–Kier alpha value is -1.97. The predicted octanol–water partition coefficient (Wildman–Crippen LogP) is 3.86. The van der Waals surface area contributed by atoms with Gasteiger partial charge in [-0.25, -0.2) is 4.39 Å². The molecular formula is C16H16FNO2. The summed E-state index contributed by atoms with van der Waals surface area (Å²) in [5.41, 5.74) is 0.625. The van der Waals surface area contributed by atoms with E-state index in [9.17, 15) is 9.18 Å². The smallest absolute Gasteiger partial charge is 0.314 e. The standard InChI is InChI=1S/C16H16FNO2/c17-12-6-7-14-13(10-12)15(8-9-18-14)20-16(19)11-4-2-1-3-5-11/h6-11H,1-5H2. The van der Waals surface area contributed by atoms with Crippen molar-refractivity contribution >= 4 is 16.9 Å². The fourth-order valence-electron chi connectivity index (χ4n) is 2.71. The molecule has 0 radical (unpaired) electrons. The molecule has 3 rings (SSSR count). The van der Waals surface area contributed by atoms with Crippen LogP contribution in [0.3, 0.4) is 0 Å².